The summed E-state index contributed by atoms with van der Waals surface area (Å²) in [6, 6.07) is 8.04. The summed E-state index contributed by atoms with van der Waals surface area (Å²) in [5, 5.41) is 7.44. The Hall–Kier alpha value is -1.99. The van der Waals surface area contributed by atoms with Gasteiger partial charge in [0.05, 0.1) is 22.8 Å². The van der Waals surface area contributed by atoms with E-state index in [2.05, 4.69) is 15.5 Å². The Balaban J connectivity index is 1.58. The molecule has 0 spiro atoms. The second-order valence-electron chi connectivity index (χ2n) is 5.41. The molecule has 0 saturated heterocycles. The van der Waals surface area contributed by atoms with Crippen LogP contribution in [0.15, 0.2) is 41.7 Å². The standard InChI is InChI=1S/C16H12Cl2F3N3O/c17-11-3-1-9(2-4-11)14-6-12(25-24-14)8-23-15-13(18)5-10(7-22-15)16(19,20)21/h1-5,7,12H,6,8H2,(H,22,23)/t12-/m0/s1. The van der Waals surface area contributed by atoms with Gasteiger partial charge in [-0.25, -0.2) is 4.98 Å². The summed E-state index contributed by atoms with van der Waals surface area (Å²) in [6.45, 7) is 0.304. The molecule has 9 heteroatoms. The summed E-state index contributed by atoms with van der Waals surface area (Å²) in [4.78, 5) is 9.05. The molecule has 0 fully saturated rings. The number of hydrogen-bond donors (Lipinski definition) is 1. The van der Waals surface area contributed by atoms with E-state index in [0.717, 1.165) is 23.5 Å². The monoisotopic (exact) mass is 389 g/mol. The van der Waals surface area contributed by atoms with Crippen molar-refractivity contribution in [3.8, 4) is 0 Å². The fraction of sp³-hybridized carbons (Fsp3) is 0.250. The van der Waals surface area contributed by atoms with Gasteiger partial charge in [-0.05, 0) is 23.8 Å². The first kappa shape index (κ1) is 17.8. The van der Waals surface area contributed by atoms with Crippen molar-refractivity contribution in [1.82, 2.24) is 4.98 Å². The van der Waals surface area contributed by atoms with Gasteiger partial charge < -0.3 is 10.2 Å². The molecule has 1 aliphatic rings. The van der Waals surface area contributed by atoms with Gasteiger partial charge in [0, 0.05) is 17.6 Å². The molecule has 2 heterocycles. The van der Waals surface area contributed by atoms with Crippen LogP contribution in [0.3, 0.4) is 0 Å². The zero-order valence-corrected chi connectivity index (χ0v) is 14.2. The molecule has 0 unspecified atom stereocenters. The third kappa shape index (κ3) is 4.35. The van der Waals surface area contributed by atoms with Gasteiger partial charge in [-0.1, -0.05) is 40.5 Å². The number of halogens is 5. The minimum Gasteiger partial charge on any atom is -0.390 e. The van der Waals surface area contributed by atoms with E-state index in [0.29, 0.717) is 18.0 Å². The van der Waals surface area contributed by atoms with Crippen LogP contribution in [-0.2, 0) is 11.0 Å². The number of benzene rings is 1. The summed E-state index contributed by atoms with van der Waals surface area (Å²) < 4.78 is 37.8. The average Bonchev–Trinajstić information content (AvgIpc) is 3.02. The predicted octanol–water partition coefficient (Wildman–Crippen LogP) is 5.01. The highest BCUT2D eigenvalue weighted by Gasteiger charge is 2.31. The molecule has 1 atom stereocenters. The SMILES string of the molecule is FC(F)(F)c1cnc(NC[C@@H]2CC(c3ccc(Cl)cc3)=NO2)c(Cl)c1. The molecule has 0 bridgehead atoms. The molecule has 0 radical (unpaired) electrons. The maximum absolute atomic E-state index is 12.6. The van der Waals surface area contributed by atoms with E-state index in [4.69, 9.17) is 28.0 Å². The van der Waals surface area contributed by atoms with Gasteiger partial charge in [0.25, 0.3) is 0 Å². The zero-order chi connectivity index (χ0) is 18.0. The Morgan fingerprint density at radius 3 is 2.56 bits per heavy atom. The van der Waals surface area contributed by atoms with Crippen molar-refractivity contribution in [2.75, 3.05) is 11.9 Å². The summed E-state index contributed by atoms with van der Waals surface area (Å²) in [7, 11) is 0. The van der Waals surface area contributed by atoms with Gasteiger partial charge in [0.2, 0.25) is 0 Å². The smallest absolute Gasteiger partial charge is 0.390 e. The Bertz CT molecular complexity index is 794. The first-order valence-electron chi connectivity index (χ1n) is 7.28. The van der Waals surface area contributed by atoms with E-state index in [9.17, 15) is 13.2 Å². The molecule has 2 aromatic rings. The Morgan fingerprint density at radius 2 is 1.92 bits per heavy atom. The van der Waals surface area contributed by atoms with E-state index < -0.39 is 11.7 Å². The highest BCUT2D eigenvalue weighted by atomic mass is 35.5. The third-order valence-corrected chi connectivity index (χ3v) is 4.12. The molecule has 4 nitrogen and oxygen atoms in total. The minimum absolute atomic E-state index is 0.105. The molecular weight excluding hydrogens is 378 g/mol. The number of alkyl halides is 3. The van der Waals surface area contributed by atoms with Crippen LogP contribution in [0.4, 0.5) is 19.0 Å². The quantitative estimate of drug-likeness (QED) is 0.798. The van der Waals surface area contributed by atoms with Gasteiger partial charge in [-0.15, -0.1) is 0 Å². The van der Waals surface area contributed by atoms with Crippen LogP contribution >= 0.6 is 23.2 Å². The normalized spacial score (nSPS) is 17.2. The number of hydrogen-bond acceptors (Lipinski definition) is 4. The van der Waals surface area contributed by atoms with Gasteiger partial charge in [0.15, 0.2) is 0 Å². The molecule has 1 N–H and O–H groups in total. The van der Waals surface area contributed by atoms with Gasteiger partial charge in [-0.2, -0.15) is 13.2 Å². The lowest BCUT2D eigenvalue weighted by atomic mass is 10.1. The lowest BCUT2D eigenvalue weighted by Crippen LogP contribution is -2.21. The van der Waals surface area contributed by atoms with Crippen molar-refractivity contribution in [3.63, 3.8) is 0 Å². The van der Waals surface area contributed by atoms with Gasteiger partial charge in [0.1, 0.15) is 11.9 Å². The van der Waals surface area contributed by atoms with Crippen molar-refractivity contribution >= 4 is 34.7 Å². The van der Waals surface area contributed by atoms with Crippen LogP contribution in [0.5, 0.6) is 0 Å². The summed E-state index contributed by atoms with van der Waals surface area (Å²) in [5.74, 6) is 0.165. The number of rotatable bonds is 4. The summed E-state index contributed by atoms with van der Waals surface area (Å²) in [6.07, 6.45) is -3.47. The highest BCUT2D eigenvalue weighted by Crippen LogP contribution is 2.32. The molecular formula is C16H12Cl2F3N3O. The van der Waals surface area contributed by atoms with Crippen molar-refractivity contribution in [1.29, 1.82) is 0 Å². The molecule has 1 aromatic carbocycles. The van der Waals surface area contributed by atoms with E-state index in [1.165, 1.54) is 0 Å². The number of nitrogens with one attached hydrogen (secondary N) is 1. The van der Waals surface area contributed by atoms with Crippen LogP contribution in [0.2, 0.25) is 10.0 Å². The maximum Gasteiger partial charge on any atom is 0.417 e. The number of oxime groups is 1. The van der Waals surface area contributed by atoms with E-state index in [1.54, 1.807) is 12.1 Å². The second kappa shape index (κ2) is 7.09. The Labute approximate surface area is 151 Å². The Kier molecular flexibility index (Phi) is 5.06. The molecule has 0 saturated carbocycles. The van der Waals surface area contributed by atoms with Crippen molar-refractivity contribution in [3.05, 3.63) is 57.7 Å². The fourth-order valence-corrected chi connectivity index (χ4v) is 2.64. The predicted molar refractivity (Wildman–Crippen MR) is 90.2 cm³/mol. The fourth-order valence-electron chi connectivity index (χ4n) is 2.28. The zero-order valence-electron chi connectivity index (χ0n) is 12.6. The van der Waals surface area contributed by atoms with Crippen LogP contribution < -0.4 is 5.32 Å². The molecule has 3 rings (SSSR count). The topological polar surface area (TPSA) is 46.5 Å². The van der Waals surface area contributed by atoms with Crippen LogP contribution in [-0.4, -0.2) is 23.3 Å². The van der Waals surface area contributed by atoms with Crippen molar-refractivity contribution in [2.45, 2.75) is 18.7 Å². The summed E-state index contributed by atoms with van der Waals surface area (Å²) in [5.41, 5.74) is 0.779. The Morgan fingerprint density at radius 1 is 1.20 bits per heavy atom. The molecule has 25 heavy (non-hydrogen) atoms. The first-order chi connectivity index (χ1) is 11.8. The molecule has 1 aliphatic heterocycles. The number of pyridine rings is 1. The minimum atomic E-state index is -4.48. The van der Waals surface area contributed by atoms with Crippen molar-refractivity contribution < 1.29 is 18.0 Å². The number of anilines is 1. The molecule has 132 valence electrons. The summed E-state index contributed by atoms with van der Waals surface area (Å²) >= 11 is 11.7. The second-order valence-corrected chi connectivity index (χ2v) is 6.25. The van der Waals surface area contributed by atoms with Crippen LogP contribution in [0.1, 0.15) is 17.5 Å². The lowest BCUT2D eigenvalue weighted by Gasteiger charge is -2.13. The van der Waals surface area contributed by atoms with Gasteiger partial charge >= 0.3 is 6.18 Å². The van der Waals surface area contributed by atoms with Crippen molar-refractivity contribution in [2.24, 2.45) is 5.16 Å². The van der Waals surface area contributed by atoms with E-state index >= 15 is 0 Å². The molecule has 0 amide bonds. The van der Waals surface area contributed by atoms with E-state index in [1.807, 2.05) is 12.1 Å². The number of aromatic nitrogens is 1. The van der Waals surface area contributed by atoms with Gasteiger partial charge in [-0.3, -0.25) is 0 Å². The van der Waals surface area contributed by atoms with Crippen LogP contribution in [0.25, 0.3) is 0 Å². The highest BCUT2D eigenvalue weighted by molar-refractivity contribution is 6.33. The lowest BCUT2D eigenvalue weighted by molar-refractivity contribution is -0.137. The van der Waals surface area contributed by atoms with E-state index in [-0.39, 0.29) is 16.9 Å². The largest absolute Gasteiger partial charge is 0.417 e. The molecule has 1 aromatic heterocycles. The number of nitrogens with zero attached hydrogens (tertiary/aromatic N) is 2. The molecule has 0 aliphatic carbocycles. The third-order valence-electron chi connectivity index (χ3n) is 3.58. The maximum atomic E-state index is 12.6. The first-order valence-corrected chi connectivity index (χ1v) is 8.04. The van der Waals surface area contributed by atoms with Crippen LogP contribution in [0, 0.1) is 0 Å². The average molecular weight is 390 g/mol.